The molecule has 132 valence electrons. The molecule has 0 radical (unpaired) electrons. The summed E-state index contributed by atoms with van der Waals surface area (Å²) >= 11 is 0. The second-order valence-electron chi connectivity index (χ2n) is 7.52. The maximum atomic E-state index is 2.50. The molecule has 0 atom stereocenters. The van der Waals surface area contributed by atoms with Crippen LogP contribution in [-0.4, -0.2) is 17.3 Å². The molecule has 0 saturated heterocycles. The molecule has 0 N–H and O–H groups in total. The van der Waals surface area contributed by atoms with Crippen molar-refractivity contribution in [3.63, 3.8) is 0 Å². The van der Waals surface area contributed by atoms with Gasteiger partial charge in [0.05, 0.1) is 0 Å². The van der Waals surface area contributed by atoms with Crippen LogP contribution in [0, 0.1) is 0 Å². The number of rotatable bonds is 3. The molecule has 0 aliphatic carbocycles. The first-order chi connectivity index (χ1) is 13.3. The molecular weight excluding hydrogens is 326 g/mol. The van der Waals surface area contributed by atoms with Gasteiger partial charge in [0.25, 0.3) is 0 Å². The third-order valence-corrected chi connectivity index (χ3v) is 5.72. The Morgan fingerprint density at radius 1 is 0.741 bits per heavy atom. The lowest BCUT2D eigenvalue weighted by molar-refractivity contribution is -0.539. The molecule has 1 aliphatic rings. The minimum absolute atomic E-state index is 0.975. The van der Waals surface area contributed by atoms with E-state index in [1.54, 1.807) is 0 Å². The average molecular weight is 350 g/mol. The molecule has 0 aromatic heterocycles. The Kier molecular flexibility index (Phi) is 4.01. The van der Waals surface area contributed by atoms with Crippen molar-refractivity contribution in [2.75, 3.05) is 6.54 Å². The minimum atomic E-state index is 0.975. The van der Waals surface area contributed by atoms with Gasteiger partial charge in [-0.3, -0.25) is 0 Å². The Labute approximate surface area is 160 Å². The van der Waals surface area contributed by atoms with Gasteiger partial charge in [0.2, 0.25) is 0 Å². The molecule has 0 unspecified atom stereocenters. The Bertz CT molecular complexity index is 1180. The Morgan fingerprint density at radius 2 is 1.41 bits per heavy atom. The van der Waals surface area contributed by atoms with E-state index in [1.165, 1.54) is 56.6 Å². The molecule has 0 spiro atoms. The van der Waals surface area contributed by atoms with Gasteiger partial charge in [-0.25, -0.2) is 4.58 Å². The van der Waals surface area contributed by atoms with Crippen molar-refractivity contribution in [1.29, 1.82) is 0 Å². The van der Waals surface area contributed by atoms with E-state index in [0.29, 0.717) is 0 Å². The normalized spacial score (nSPS) is 13.1. The summed E-state index contributed by atoms with van der Waals surface area (Å²) in [4.78, 5) is 0. The van der Waals surface area contributed by atoms with Crippen LogP contribution < -0.4 is 0 Å². The average Bonchev–Trinajstić information content (AvgIpc) is 2.88. The van der Waals surface area contributed by atoms with E-state index in [9.17, 15) is 0 Å². The van der Waals surface area contributed by atoms with E-state index < -0.39 is 0 Å². The standard InChI is InChI=1S/C26H24N/c1-2-3-16-27-17-21-14-12-19-8-4-6-10-23(19)25(21)26-22(18-27)15-13-20-9-5-7-11-24(20)26/h4-15,17H,2-3,16,18H2,1H3/q+1. The zero-order valence-electron chi connectivity index (χ0n) is 15.8. The summed E-state index contributed by atoms with van der Waals surface area (Å²) in [6, 6.07) is 26.8. The van der Waals surface area contributed by atoms with Crippen LogP contribution in [0.3, 0.4) is 0 Å². The minimum Gasteiger partial charge on any atom is -0.231 e. The fourth-order valence-corrected chi connectivity index (χ4v) is 4.38. The summed E-state index contributed by atoms with van der Waals surface area (Å²) in [5, 5.41) is 5.34. The molecule has 1 aliphatic heterocycles. The first-order valence-corrected chi connectivity index (χ1v) is 9.97. The summed E-state index contributed by atoms with van der Waals surface area (Å²) in [5.74, 6) is 0. The quantitative estimate of drug-likeness (QED) is 0.376. The largest absolute Gasteiger partial charge is 0.231 e. The van der Waals surface area contributed by atoms with Crippen molar-refractivity contribution >= 4 is 27.8 Å². The van der Waals surface area contributed by atoms with Crippen LogP contribution in [0.4, 0.5) is 0 Å². The Hall–Kier alpha value is -2.93. The van der Waals surface area contributed by atoms with Crippen LogP contribution in [0.15, 0.2) is 72.8 Å². The number of benzene rings is 4. The molecule has 0 bridgehead atoms. The highest BCUT2D eigenvalue weighted by molar-refractivity contribution is 6.11. The molecule has 0 fully saturated rings. The van der Waals surface area contributed by atoms with Crippen LogP contribution in [0.25, 0.3) is 32.7 Å². The van der Waals surface area contributed by atoms with Crippen molar-refractivity contribution < 1.29 is 4.58 Å². The van der Waals surface area contributed by atoms with Gasteiger partial charge in [-0.2, -0.15) is 0 Å². The molecule has 4 aromatic carbocycles. The van der Waals surface area contributed by atoms with E-state index in [0.717, 1.165) is 13.1 Å². The molecule has 0 amide bonds. The molecule has 1 heterocycles. The lowest BCUT2D eigenvalue weighted by Crippen LogP contribution is -2.14. The van der Waals surface area contributed by atoms with Crippen LogP contribution >= 0.6 is 0 Å². The van der Waals surface area contributed by atoms with Crippen LogP contribution in [0.2, 0.25) is 0 Å². The zero-order chi connectivity index (χ0) is 18.2. The van der Waals surface area contributed by atoms with E-state index in [1.807, 2.05) is 0 Å². The van der Waals surface area contributed by atoms with Crippen LogP contribution in [0.5, 0.6) is 0 Å². The van der Waals surface area contributed by atoms with Gasteiger partial charge in [-0.15, -0.1) is 0 Å². The van der Waals surface area contributed by atoms with Gasteiger partial charge in [-0.05, 0) is 27.6 Å². The first kappa shape index (κ1) is 16.3. The number of hydrogen-bond acceptors (Lipinski definition) is 0. The van der Waals surface area contributed by atoms with Crippen molar-refractivity contribution in [1.82, 2.24) is 0 Å². The van der Waals surface area contributed by atoms with Crippen molar-refractivity contribution in [2.45, 2.75) is 26.3 Å². The van der Waals surface area contributed by atoms with E-state index >= 15 is 0 Å². The maximum absolute atomic E-state index is 2.50. The van der Waals surface area contributed by atoms with Gasteiger partial charge >= 0.3 is 0 Å². The predicted octanol–water partition coefficient (Wildman–Crippen LogP) is 6.41. The predicted molar refractivity (Wildman–Crippen MR) is 116 cm³/mol. The second kappa shape index (κ2) is 6.66. The molecule has 5 rings (SSSR count). The van der Waals surface area contributed by atoms with Gasteiger partial charge in [0, 0.05) is 28.7 Å². The van der Waals surface area contributed by atoms with Crippen LogP contribution in [0.1, 0.15) is 30.9 Å². The highest BCUT2D eigenvalue weighted by Gasteiger charge is 2.23. The number of hydrogen-bond donors (Lipinski definition) is 0. The highest BCUT2D eigenvalue weighted by Crippen LogP contribution is 2.40. The summed E-state index contributed by atoms with van der Waals surface area (Å²) < 4.78 is 2.50. The summed E-state index contributed by atoms with van der Waals surface area (Å²) in [6.45, 7) is 4.35. The van der Waals surface area contributed by atoms with Crippen molar-refractivity contribution in [3.05, 3.63) is 83.9 Å². The van der Waals surface area contributed by atoms with E-state index in [4.69, 9.17) is 0 Å². The molecule has 1 nitrogen and oxygen atoms in total. The van der Waals surface area contributed by atoms with E-state index in [2.05, 4.69) is 90.5 Å². The number of nitrogens with zero attached hydrogens (tertiary/aromatic N) is 1. The summed E-state index contributed by atoms with van der Waals surface area (Å²) in [6.07, 6.45) is 4.83. The first-order valence-electron chi connectivity index (χ1n) is 9.97. The van der Waals surface area contributed by atoms with Gasteiger partial charge in [0.15, 0.2) is 12.8 Å². The fraction of sp³-hybridized carbons (Fsp3) is 0.192. The Morgan fingerprint density at radius 3 is 2.15 bits per heavy atom. The van der Waals surface area contributed by atoms with Gasteiger partial charge < -0.3 is 0 Å². The highest BCUT2D eigenvalue weighted by atomic mass is 15.0. The monoisotopic (exact) mass is 350 g/mol. The number of unbranched alkanes of at least 4 members (excludes halogenated alkanes) is 1. The summed E-state index contributed by atoms with van der Waals surface area (Å²) in [7, 11) is 0. The lowest BCUT2D eigenvalue weighted by Gasteiger charge is -2.14. The molecule has 1 heteroatoms. The topological polar surface area (TPSA) is 3.01 Å². The van der Waals surface area contributed by atoms with Crippen molar-refractivity contribution in [2.24, 2.45) is 0 Å². The molecule has 4 aromatic rings. The smallest absolute Gasteiger partial charge is 0.171 e. The van der Waals surface area contributed by atoms with Crippen molar-refractivity contribution in [3.8, 4) is 11.1 Å². The molecule has 27 heavy (non-hydrogen) atoms. The third kappa shape index (κ3) is 2.75. The van der Waals surface area contributed by atoms with Gasteiger partial charge in [0.1, 0.15) is 6.54 Å². The van der Waals surface area contributed by atoms with Crippen LogP contribution in [-0.2, 0) is 6.54 Å². The molecular formula is C26H24N+. The molecule has 0 saturated carbocycles. The van der Waals surface area contributed by atoms with Gasteiger partial charge in [-0.1, -0.05) is 80.1 Å². The Balaban J connectivity index is 1.89. The SMILES string of the molecule is CCCC[N+]1=Cc2ccc3ccccc3c2-c2c(ccc3ccccc23)C1. The third-order valence-electron chi connectivity index (χ3n) is 5.72. The number of fused-ring (bicyclic) bond motifs is 7. The summed E-state index contributed by atoms with van der Waals surface area (Å²) in [5.41, 5.74) is 5.56. The lowest BCUT2D eigenvalue weighted by atomic mass is 9.88. The second-order valence-corrected chi connectivity index (χ2v) is 7.52. The maximum Gasteiger partial charge on any atom is 0.171 e. The zero-order valence-corrected chi connectivity index (χ0v) is 15.8. The fourth-order valence-electron chi connectivity index (χ4n) is 4.38. The van der Waals surface area contributed by atoms with E-state index in [-0.39, 0.29) is 0 Å².